The summed E-state index contributed by atoms with van der Waals surface area (Å²) < 4.78 is 75.8. The molecule has 0 radical (unpaired) electrons. The molecule has 3 aliphatic rings. The van der Waals surface area contributed by atoms with Crippen molar-refractivity contribution in [2.45, 2.75) is 56.1 Å². The van der Waals surface area contributed by atoms with Gasteiger partial charge in [-0.1, -0.05) is 13.8 Å². The fraction of sp³-hybridized carbons (Fsp3) is 0.500. The Hall–Kier alpha value is -2.62. The van der Waals surface area contributed by atoms with Gasteiger partial charge in [-0.15, -0.1) is 0 Å². The molecule has 0 N–H and O–H groups in total. The van der Waals surface area contributed by atoms with Gasteiger partial charge in [0, 0.05) is 43.9 Å². The second-order valence-electron chi connectivity index (χ2n) is 10.5. The molecule has 2 aromatic carbocycles. The van der Waals surface area contributed by atoms with E-state index in [0.29, 0.717) is 43.6 Å². The summed E-state index contributed by atoms with van der Waals surface area (Å²) in [5.41, 5.74) is 0.823. The number of hydrogen-bond acceptors (Lipinski definition) is 4. The molecule has 0 spiro atoms. The van der Waals surface area contributed by atoms with Crippen LogP contribution >= 0.6 is 0 Å². The van der Waals surface area contributed by atoms with Gasteiger partial charge in [0.15, 0.2) is 23.3 Å². The van der Waals surface area contributed by atoms with E-state index in [0.717, 1.165) is 37.8 Å². The molecular formula is C26H28F4N4OS. The lowest BCUT2D eigenvalue weighted by molar-refractivity contribution is 0.421. The van der Waals surface area contributed by atoms with Crippen LogP contribution in [-0.2, 0) is 17.3 Å². The van der Waals surface area contributed by atoms with E-state index in [1.165, 1.54) is 4.57 Å². The van der Waals surface area contributed by atoms with Crippen LogP contribution in [0, 0.1) is 35.1 Å². The molecule has 2 fully saturated rings. The minimum absolute atomic E-state index is 0.0180. The number of rotatable bonds is 2. The lowest BCUT2D eigenvalue weighted by Crippen LogP contribution is -2.38. The third-order valence-electron chi connectivity index (χ3n) is 8.01. The second kappa shape index (κ2) is 8.75. The number of benzene rings is 2. The normalized spacial score (nSPS) is 21.2. The third kappa shape index (κ3) is 3.63. The van der Waals surface area contributed by atoms with Gasteiger partial charge in [0.25, 0.3) is 0 Å². The second-order valence-corrected chi connectivity index (χ2v) is 11.8. The number of fused-ring (bicyclic) bond motifs is 4. The van der Waals surface area contributed by atoms with E-state index in [1.54, 1.807) is 4.90 Å². The SMILES string of the molecule is CC1CCN(c2c(F)c(N3CCC(C)CC3)c3c(c2F)S(=O)c2nc4cc(F)c(F)cc4n2C3)CC1. The number of aromatic nitrogens is 2. The number of piperidine rings is 2. The van der Waals surface area contributed by atoms with Gasteiger partial charge in [0.05, 0.1) is 28.2 Å². The van der Waals surface area contributed by atoms with Crippen LogP contribution in [0.2, 0.25) is 0 Å². The van der Waals surface area contributed by atoms with Gasteiger partial charge in [-0.25, -0.2) is 26.8 Å². The zero-order valence-electron chi connectivity index (χ0n) is 20.3. The van der Waals surface area contributed by atoms with Crippen molar-refractivity contribution in [2.24, 2.45) is 11.8 Å². The summed E-state index contributed by atoms with van der Waals surface area (Å²) in [5.74, 6) is -2.59. The van der Waals surface area contributed by atoms with Crippen LogP contribution in [0.4, 0.5) is 28.9 Å². The first-order valence-electron chi connectivity index (χ1n) is 12.5. The van der Waals surface area contributed by atoms with Crippen LogP contribution in [0.25, 0.3) is 11.0 Å². The van der Waals surface area contributed by atoms with Crippen molar-refractivity contribution in [3.05, 3.63) is 41.0 Å². The molecule has 2 saturated heterocycles. The van der Waals surface area contributed by atoms with Gasteiger partial charge < -0.3 is 14.4 Å². The van der Waals surface area contributed by atoms with Gasteiger partial charge in [-0.05, 0) is 37.5 Å². The zero-order valence-corrected chi connectivity index (χ0v) is 21.1. The van der Waals surface area contributed by atoms with E-state index >= 15 is 8.78 Å². The highest BCUT2D eigenvalue weighted by Gasteiger charge is 2.39. The lowest BCUT2D eigenvalue weighted by Gasteiger charge is -2.38. The van der Waals surface area contributed by atoms with Crippen molar-refractivity contribution in [3.63, 3.8) is 0 Å². The van der Waals surface area contributed by atoms with Crippen molar-refractivity contribution < 1.29 is 21.8 Å². The first kappa shape index (κ1) is 23.8. The predicted octanol–water partition coefficient (Wildman–Crippen LogP) is 5.59. The summed E-state index contributed by atoms with van der Waals surface area (Å²) in [6.45, 7) is 6.52. The molecule has 36 heavy (non-hydrogen) atoms. The number of hydrogen-bond donors (Lipinski definition) is 0. The Morgan fingerprint density at radius 2 is 1.39 bits per heavy atom. The van der Waals surface area contributed by atoms with E-state index in [-0.39, 0.29) is 39.0 Å². The van der Waals surface area contributed by atoms with Gasteiger partial charge in [0.1, 0.15) is 16.5 Å². The first-order valence-corrected chi connectivity index (χ1v) is 13.7. The van der Waals surface area contributed by atoms with Gasteiger partial charge in [0.2, 0.25) is 5.16 Å². The van der Waals surface area contributed by atoms with E-state index in [1.807, 2.05) is 4.90 Å². The minimum atomic E-state index is -2.09. The van der Waals surface area contributed by atoms with Crippen LogP contribution < -0.4 is 9.80 Å². The summed E-state index contributed by atoms with van der Waals surface area (Å²) in [6, 6.07) is 1.95. The van der Waals surface area contributed by atoms with Gasteiger partial charge in [-0.3, -0.25) is 0 Å². The summed E-state index contributed by atoms with van der Waals surface area (Å²) in [7, 11) is -2.09. The smallest absolute Gasteiger partial charge is 0.205 e. The number of nitrogens with zero attached hydrogens (tertiary/aromatic N) is 4. The van der Waals surface area contributed by atoms with Crippen molar-refractivity contribution in [2.75, 3.05) is 36.0 Å². The Morgan fingerprint density at radius 1 is 0.833 bits per heavy atom. The zero-order chi connectivity index (χ0) is 25.3. The highest BCUT2D eigenvalue weighted by atomic mass is 32.2. The molecule has 4 heterocycles. The molecule has 0 saturated carbocycles. The quantitative estimate of drug-likeness (QED) is 0.323. The maximum Gasteiger partial charge on any atom is 0.205 e. The molecule has 1 aromatic heterocycles. The molecule has 1 atom stereocenters. The summed E-state index contributed by atoms with van der Waals surface area (Å²) in [5, 5.41) is 0.0180. The minimum Gasteiger partial charge on any atom is -0.369 e. The van der Waals surface area contributed by atoms with Crippen molar-refractivity contribution in [3.8, 4) is 0 Å². The largest absolute Gasteiger partial charge is 0.369 e. The number of imidazole rings is 1. The molecule has 3 aromatic rings. The maximum absolute atomic E-state index is 16.4. The Morgan fingerprint density at radius 3 is 2.00 bits per heavy atom. The third-order valence-corrected chi connectivity index (χ3v) is 9.45. The molecular weight excluding hydrogens is 492 g/mol. The average Bonchev–Trinajstić information content (AvgIpc) is 3.19. The highest BCUT2D eigenvalue weighted by Crippen LogP contribution is 2.45. The van der Waals surface area contributed by atoms with E-state index in [4.69, 9.17) is 0 Å². The fourth-order valence-electron chi connectivity index (χ4n) is 5.74. The predicted molar refractivity (Wildman–Crippen MR) is 131 cm³/mol. The van der Waals surface area contributed by atoms with Crippen LogP contribution in [0.1, 0.15) is 45.1 Å². The van der Waals surface area contributed by atoms with Crippen LogP contribution in [0.5, 0.6) is 0 Å². The fourth-order valence-corrected chi connectivity index (χ4v) is 7.11. The van der Waals surface area contributed by atoms with Crippen LogP contribution in [-0.4, -0.2) is 39.9 Å². The number of halogens is 4. The highest BCUT2D eigenvalue weighted by molar-refractivity contribution is 7.85. The van der Waals surface area contributed by atoms with E-state index in [2.05, 4.69) is 18.8 Å². The molecule has 192 valence electrons. The Kier molecular flexibility index (Phi) is 5.77. The lowest BCUT2D eigenvalue weighted by atomic mass is 9.96. The molecule has 10 heteroatoms. The first-order chi connectivity index (χ1) is 17.2. The van der Waals surface area contributed by atoms with E-state index < -0.39 is 34.1 Å². The molecule has 3 aliphatic heterocycles. The topological polar surface area (TPSA) is 41.4 Å². The van der Waals surface area contributed by atoms with Gasteiger partial charge in [-0.2, -0.15) is 0 Å². The molecule has 5 nitrogen and oxygen atoms in total. The molecule has 6 rings (SSSR count). The van der Waals surface area contributed by atoms with Crippen LogP contribution in [0.15, 0.2) is 22.2 Å². The molecule has 0 amide bonds. The van der Waals surface area contributed by atoms with Crippen molar-refractivity contribution in [1.29, 1.82) is 0 Å². The summed E-state index contributed by atoms with van der Waals surface area (Å²) >= 11 is 0. The Balaban J connectivity index is 1.56. The van der Waals surface area contributed by atoms with Crippen LogP contribution in [0.3, 0.4) is 0 Å². The van der Waals surface area contributed by atoms with Gasteiger partial charge >= 0.3 is 0 Å². The van der Waals surface area contributed by atoms with Crippen molar-refractivity contribution >= 4 is 33.2 Å². The molecule has 0 aliphatic carbocycles. The average molecular weight is 521 g/mol. The summed E-state index contributed by atoms with van der Waals surface area (Å²) in [6.07, 6.45) is 3.38. The van der Waals surface area contributed by atoms with E-state index in [9.17, 15) is 13.0 Å². The maximum atomic E-state index is 16.4. The molecule has 0 bridgehead atoms. The van der Waals surface area contributed by atoms with Crippen molar-refractivity contribution in [1.82, 2.24) is 9.55 Å². The summed E-state index contributed by atoms with van der Waals surface area (Å²) in [4.78, 5) is 7.88. The standard InChI is InChI=1S/C26H28F4N4OS/c1-14-3-7-32(8-4-14)23-16-13-34-20-12-18(28)17(27)11-19(20)31-26(34)36(35)25(16)22(30)24(21(23)29)33-9-5-15(2)6-10-33/h11-12,14-15H,3-10,13H2,1-2H3. The molecule has 1 unspecified atom stereocenters. The monoisotopic (exact) mass is 520 g/mol. The number of anilines is 2. The Labute approximate surface area is 209 Å². The Bertz CT molecular complexity index is 1390.